The number of rotatable bonds is 5. The van der Waals surface area contributed by atoms with Crippen molar-refractivity contribution in [1.29, 1.82) is 0 Å². The summed E-state index contributed by atoms with van der Waals surface area (Å²) in [4.78, 5) is 23.4. The van der Waals surface area contributed by atoms with Crippen molar-refractivity contribution in [2.75, 3.05) is 12.9 Å². The molecular weight excluding hydrogens is 292 g/mol. The summed E-state index contributed by atoms with van der Waals surface area (Å²) in [6.45, 7) is 0. The third kappa shape index (κ3) is 3.58. The Bertz CT molecular complexity index is 661. The minimum absolute atomic E-state index is 0.00766. The molecule has 0 saturated heterocycles. The largest absolute Gasteiger partial charge is 0.469 e. The summed E-state index contributed by atoms with van der Waals surface area (Å²) in [5.74, 6) is -2.17. The van der Waals surface area contributed by atoms with Gasteiger partial charge in [-0.05, 0) is 24.1 Å². The molecular formula is C15H16O5S. The van der Waals surface area contributed by atoms with Crippen molar-refractivity contribution in [2.45, 2.75) is 11.3 Å². The van der Waals surface area contributed by atoms with Gasteiger partial charge in [0.25, 0.3) is 0 Å². The van der Waals surface area contributed by atoms with Gasteiger partial charge in [-0.15, -0.1) is 0 Å². The van der Waals surface area contributed by atoms with E-state index in [0.29, 0.717) is 0 Å². The van der Waals surface area contributed by atoms with Crippen molar-refractivity contribution < 1.29 is 22.7 Å². The maximum absolute atomic E-state index is 12.3. The van der Waals surface area contributed by atoms with E-state index in [2.05, 4.69) is 4.74 Å². The third-order valence-electron chi connectivity index (χ3n) is 3.52. The smallest absolute Gasteiger partial charge is 0.306 e. The van der Waals surface area contributed by atoms with Gasteiger partial charge in [-0.3, -0.25) is 9.59 Å². The lowest BCUT2D eigenvalue weighted by Gasteiger charge is -2.17. The normalized spacial score (nSPS) is 21.5. The fourth-order valence-corrected chi connectivity index (χ4v) is 3.99. The monoisotopic (exact) mass is 308 g/mol. The minimum atomic E-state index is -3.57. The van der Waals surface area contributed by atoms with Crippen molar-refractivity contribution in [3.63, 3.8) is 0 Å². The number of carbonyl (C=O) groups excluding carboxylic acids is 2. The predicted octanol–water partition coefficient (Wildman–Crippen LogP) is 1.39. The topological polar surface area (TPSA) is 77.5 Å². The molecule has 0 saturated carbocycles. The first-order valence-corrected chi connectivity index (χ1v) is 8.16. The zero-order valence-corrected chi connectivity index (χ0v) is 12.4. The molecule has 0 amide bonds. The molecule has 0 bridgehead atoms. The zero-order valence-electron chi connectivity index (χ0n) is 11.6. The highest BCUT2D eigenvalue weighted by Crippen LogP contribution is 2.29. The first kappa shape index (κ1) is 15.4. The van der Waals surface area contributed by atoms with Crippen molar-refractivity contribution >= 4 is 21.6 Å². The predicted molar refractivity (Wildman–Crippen MR) is 76.3 cm³/mol. The Morgan fingerprint density at radius 3 is 2.52 bits per heavy atom. The van der Waals surface area contributed by atoms with Crippen LogP contribution >= 0.6 is 0 Å². The fourth-order valence-electron chi connectivity index (χ4n) is 2.34. The van der Waals surface area contributed by atoms with Crippen LogP contribution in [0, 0.1) is 11.8 Å². The van der Waals surface area contributed by atoms with Crippen molar-refractivity contribution in [2.24, 2.45) is 11.8 Å². The van der Waals surface area contributed by atoms with Gasteiger partial charge in [0.2, 0.25) is 0 Å². The summed E-state index contributed by atoms with van der Waals surface area (Å²) in [6, 6.07) is 7.98. The summed E-state index contributed by atoms with van der Waals surface area (Å²) in [7, 11) is -2.30. The van der Waals surface area contributed by atoms with Crippen LogP contribution < -0.4 is 0 Å². The molecule has 1 aliphatic rings. The molecule has 5 nitrogen and oxygen atoms in total. The Kier molecular flexibility index (Phi) is 4.57. The van der Waals surface area contributed by atoms with E-state index in [9.17, 15) is 18.0 Å². The summed E-state index contributed by atoms with van der Waals surface area (Å²) >= 11 is 0. The molecule has 0 aromatic heterocycles. The highest BCUT2D eigenvalue weighted by atomic mass is 32.2. The van der Waals surface area contributed by atoms with Crippen LogP contribution in [0.4, 0.5) is 0 Å². The Labute approximate surface area is 123 Å². The molecule has 0 radical (unpaired) electrons. The second-order valence-corrected chi connectivity index (χ2v) is 6.94. The molecule has 0 fully saturated rings. The lowest BCUT2D eigenvalue weighted by Crippen LogP contribution is -2.27. The standard InChI is InChI=1S/C15H16O5S/c1-20-15(17)9-11-7-8-14(16)13(11)10-21(18,19)12-5-3-2-4-6-12/h2-8,11,13H,9-10H2,1H3/t11-,13-/m1/s1. The molecule has 0 spiro atoms. The van der Waals surface area contributed by atoms with E-state index in [1.54, 1.807) is 24.3 Å². The summed E-state index contributed by atoms with van der Waals surface area (Å²) in [5, 5.41) is 0. The van der Waals surface area contributed by atoms with E-state index < -0.39 is 27.6 Å². The number of sulfone groups is 1. The highest BCUT2D eigenvalue weighted by molar-refractivity contribution is 7.91. The third-order valence-corrected chi connectivity index (χ3v) is 5.31. The summed E-state index contributed by atoms with van der Waals surface area (Å²) < 4.78 is 29.3. The first-order chi connectivity index (χ1) is 9.94. The molecule has 2 atom stereocenters. The number of methoxy groups -OCH3 is 1. The fraction of sp³-hybridized carbons (Fsp3) is 0.333. The van der Waals surface area contributed by atoms with E-state index in [1.165, 1.54) is 25.3 Å². The number of benzene rings is 1. The van der Waals surface area contributed by atoms with Gasteiger partial charge in [-0.25, -0.2) is 8.42 Å². The summed E-state index contributed by atoms with van der Waals surface area (Å²) in [5.41, 5.74) is 0. The molecule has 21 heavy (non-hydrogen) atoms. The molecule has 6 heteroatoms. The molecule has 1 aromatic carbocycles. The average molecular weight is 308 g/mol. The number of hydrogen-bond donors (Lipinski definition) is 0. The van der Waals surface area contributed by atoms with Gasteiger partial charge >= 0.3 is 5.97 Å². The lowest BCUT2D eigenvalue weighted by molar-refractivity contribution is -0.141. The molecule has 0 N–H and O–H groups in total. The van der Waals surface area contributed by atoms with Gasteiger partial charge < -0.3 is 4.74 Å². The van der Waals surface area contributed by atoms with Crippen LogP contribution in [-0.2, 0) is 24.2 Å². The van der Waals surface area contributed by atoms with E-state index in [4.69, 9.17) is 0 Å². The molecule has 2 rings (SSSR count). The van der Waals surface area contributed by atoms with Crippen molar-refractivity contribution in [3.8, 4) is 0 Å². The molecule has 112 valence electrons. The number of esters is 1. The second kappa shape index (κ2) is 6.22. The number of ketones is 1. The quantitative estimate of drug-likeness (QED) is 0.768. The lowest BCUT2D eigenvalue weighted by atomic mass is 9.94. The maximum atomic E-state index is 12.3. The second-order valence-electron chi connectivity index (χ2n) is 4.91. The van der Waals surface area contributed by atoms with E-state index in [1.807, 2.05) is 0 Å². The van der Waals surface area contributed by atoms with Gasteiger partial charge in [0.1, 0.15) is 0 Å². The van der Waals surface area contributed by atoms with Crippen LogP contribution in [0.2, 0.25) is 0 Å². The van der Waals surface area contributed by atoms with E-state index in [-0.39, 0.29) is 22.9 Å². The van der Waals surface area contributed by atoms with Crippen LogP contribution in [0.5, 0.6) is 0 Å². The van der Waals surface area contributed by atoms with Gasteiger partial charge in [0, 0.05) is 5.92 Å². The Morgan fingerprint density at radius 2 is 1.90 bits per heavy atom. The molecule has 0 heterocycles. The van der Waals surface area contributed by atoms with E-state index >= 15 is 0 Å². The average Bonchev–Trinajstić information content (AvgIpc) is 2.80. The minimum Gasteiger partial charge on any atom is -0.469 e. The van der Waals surface area contributed by atoms with Crippen LogP contribution in [0.15, 0.2) is 47.4 Å². The molecule has 0 unspecified atom stereocenters. The molecule has 1 aromatic rings. The summed E-state index contributed by atoms with van der Waals surface area (Å²) in [6.07, 6.45) is 2.94. The zero-order chi connectivity index (χ0) is 15.5. The van der Waals surface area contributed by atoms with Gasteiger partial charge in [-0.1, -0.05) is 24.3 Å². The highest BCUT2D eigenvalue weighted by Gasteiger charge is 2.35. The van der Waals surface area contributed by atoms with Crippen LogP contribution in [0.25, 0.3) is 0 Å². The van der Waals surface area contributed by atoms with Crippen LogP contribution in [0.1, 0.15) is 6.42 Å². The SMILES string of the molecule is COC(=O)C[C@H]1C=CC(=O)[C@@H]1CS(=O)(=O)c1ccccc1. The van der Waals surface area contributed by atoms with Crippen LogP contribution in [0.3, 0.4) is 0 Å². The molecule has 1 aliphatic carbocycles. The molecule has 0 aliphatic heterocycles. The first-order valence-electron chi connectivity index (χ1n) is 6.50. The van der Waals surface area contributed by atoms with Gasteiger partial charge in [0.15, 0.2) is 15.6 Å². The van der Waals surface area contributed by atoms with Crippen LogP contribution in [-0.4, -0.2) is 33.0 Å². The number of carbonyl (C=O) groups is 2. The number of ether oxygens (including phenoxy) is 1. The number of allylic oxidation sites excluding steroid dienone is 2. The van der Waals surface area contributed by atoms with Crippen molar-refractivity contribution in [3.05, 3.63) is 42.5 Å². The number of hydrogen-bond acceptors (Lipinski definition) is 5. The maximum Gasteiger partial charge on any atom is 0.306 e. The Balaban J connectivity index is 2.17. The van der Waals surface area contributed by atoms with Gasteiger partial charge in [0.05, 0.1) is 24.2 Å². The Hall–Kier alpha value is -1.95. The van der Waals surface area contributed by atoms with Gasteiger partial charge in [-0.2, -0.15) is 0 Å². The Morgan fingerprint density at radius 1 is 1.24 bits per heavy atom. The van der Waals surface area contributed by atoms with E-state index in [0.717, 1.165) is 0 Å². The van der Waals surface area contributed by atoms with Crippen molar-refractivity contribution in [1.82, 2.24) is 0 Å².